The maximum Gasteiger partial charge on any atom is 0.229 e. The van der Waals surface area contributed by atoms with E-state index in [1.807, 2.05) is 38.2 Å². The van der Waals surface area contributed by atoms with Gasteiger partial charge < -0.3 is 15.4 Å². The van der Waals surface area contributed by atoms with E-state index in [0.29, 0.717) is 11.8 Å². The van der Waals surface area contributed by atoms with Crippen molar-refractivity contribution >= 4 is 11.9 Å². The van der Waals surface area contributed by atoms with Gasteiger partial charge in [0.05, 0.1) is 13.2 Å². The van der Waals surface area contributed by atoms with Gasteiger partial charge >= 0.3 is 0 Å². The summed E-state index contributed by atoms with van der Waals surface area (Å²) in [5, 5.41) is 0. The van der Waals surface area contributed by atoms with Crippen LogP contribution in [0.2, 0.25) is 0 Å². The Morgan fingerprint density at radius 3 is 2.50 bits per heavy atom. The van der Waals surface area contributed by atoms with Gasteiger partial charge in [-0.05, 0) is 27.0 Å². The zero-order valence-corrected chi connectivity index (χ0v) is 15.2. The van der Waals surface area contributed by atoms with E-state index in [2.05, 4.69) is 39.8 Å². The van der Waals surface area contributed by atoms with Gasteiger partial charge in [-0.2, -0.15) is 15.0 Å². The molecular weight excluding hydrogens is 304 g/mol. The van der Waals surface area contributed by atoms with Gasteiger partial charge in [-0.3, -0.25) is 4.90 Å². The van der Waals surface area contributed by atoms with Crippen LogP contribution in [-0.4, -0.2) is 48.1 Å². The SMILES string of the molecule is COc1ccc(C)cc1CN(C)[C@@H](C)c1nc(N)nc(N(C)C)n1. The first-order chi connectivity index (χ1) is 11.3. The second-order valence-electron chi connectivity index (χ2n) is 6.15. The number of anilines is 2. The van der Waals surface area contributed by atoms with Crippen molar-refractivity contribution in [1.82, 2.24) is 19.9 Å². The molecule has 1 atom stereocenters. The third-order valence-electron chi connectivity index (χ3n) is 3.95. The van der Waals surface area contributed by atoms with Gasteiger partial charge in [0.2, 0.25) is 11.9 Å². The lowest BCUT2D eigenvalue weighted by Crippen LogP contribution is -2.25. The van der Waals surface area contributed by atoms with Crippen molar-refractivity contribution in [2.75, 3.05) is 38.9 Å². The number of hydrogen-bond acceptors (Lipinski definition) is 7. The Hall–Kier alpha value is -2.41. The van der Waals surface area contributed by atoms with Crippen molar-refractivity contribution in [2.45, 2.75) is 26.4 Å². The minimum atomic E-state index is -0.0146. The van der Waals surface area contributed by atoms with E-state index in [4.69, 9.17) is 10.5 Å². The van der Waals surface area contributed by atoms with Crippen LogP contribution >= 0.6 is 0 Å². The maximum absolute atomic E-state index is 5.83. The number of aromatic nitrogens is 3. The van der Waals surface area contributed by atoms with Crippen LogP contribution in [-0.2, 0) is 6.54 Å². The highest BCUT2D eigenvalue weighted by Crippen LogP contribution is 2.25. The number of rotatable bonds is 6. The van der Waals surface area contributed by atoms with Gasteiger partial charge in [0.1, 0.15) is 5.75 Å². The molecule has 1 aromatic heterocycles. The van der Waals surface area contributed by atoms with Crippen LogP contribution in [0.25, 0.3) is 0 Å². The Bertz CT molecular complexity index is 703. The summed E-state index contributed by atoms with van der Waals surface area (Å²) in [6.45, 7) is 4.84. The van der Waals surface area contributed by atoms with Crippen molar-refractivity contribution < 1.29 is 4.74 Å². The Labute approximate surface area is 143 Å². The number of methoxy groups -OCH3 is 1. The molecule has 0 amide bonds. The normalized spacial score (nSPS) is 12.3. The molecule has 0 saturated carbocycles. The van der Waals surface area contributed by atoms with Crippen LogP contribution in [0.1, 0.15) is 29.9 Å². The van der Waals surface area contributed by atoms with E-state index < -0.39 is 0 Å². The van der Waals surface area contributed by atoms with Gasteiger partial charge in [-0.15, -0.1) is 0 Å². The average molecular weight is 330 g/mol. The summed E-state index contributed by atoms with van der Waals surface area (Å²) in [6.07, 6.45) is 0. The van der Waals surface area contributed by atoms with Gasteiger partial charge in [0.25, 0.3) is 0 Å². The maximum atomic E-state index is 5.83. The smallest absolute Gasteiger partial charge is 0.229 e. The quantitative estimate of drug-likeness (QED) is 0.868. The molecule has 7 heteroatoms. The van der Waals surface area contributed by atoms with Crippen molar-refractivity contribution in [3.8, 4) is 5.75 Å². The first-order valence-corrected chi connectivity index (χ1v) is 7.84. The summed E-state index contributed by atoms with van der Waals surface area (Å²) >= 11 is 0. The Kier molecular flexibility index (Phi) is 5.56. The minimum absolute atomic E-state index is 0.0146. The van der Waals surface area contributed by atoms with Crippen LogP contribution < -0.4 is 15.4 Å². The number of ether oxygens (including phenoxy) is 1. The van der Waals surface area contributed by atoms with Gasteiger partial charge in [-0.1, -0.05) is 17.7 Å². The van der Waals surface area contributed by atoms with Crippen LogP contribution in [0.3, 0.4) is 0 Å². The van der Waals surface area contributed by atoms with Crippen LogP contribution in [0.4, 0.5) is 11.9 Å². The molecule has 7 nitrogen and oxygen atoms in total. The highest BCUT2D eigenvalue weighted by molar-refractivity contribution is 5.37. The topological polar surface area (TPSA) is 80.4 Å². The molecule has 2 rings (SSSR count). The molecule has 0 bridgehead atoms. The zero-order valence-electron chi connectivity index (χ0n) is 15.2. The van der Waals surface area contributed by atoms with E-state index >= 15 is 0 Å². The molecule has 130 valence electrons. The highest BCUT2D eigenvalue weighted by Gasteiger charge is 2.19. The first-order valence-electron chi connectivity index (χ1n) is 7.84. The molecule has 0 radical (unpaired) electrons. The third-order valence-corrected chi connectivity index (χ3v) is 3.95. The Balaban J connectivity index is 2.24. The van der Waals surface area contributed by atoms with Gasteiger partial charge in [0, 0.05) is 26.2 Å². The minimum Gasteiger partial charge on any atom is -0.496 e. The molecule has 0 aliphatic carbocycles. The number of aryl methyl sites for hydroxylation is 1. The summed E-state index contributed by atoms with van der Waals surface area (Å²) in [5.41, 5.74) is 8.15. The van der Waals surface area contributed by atoms with E-state index in [9.17, 15) is 0 Å². The van der Waals surface area contributed by atoms with Crippen LogP contribution in [0.5, 0.6) is 5.75 Å². The molecule has 1 aromatic carbocycles. The van der Waals surface area contributed by atoms with E-state index in [1.165, 1.54) is 5.56 Å². The molecule has 0 saturated heterocycles. The van der Waals surface area contributed by atoms with Crippen molar-refractivity contribution in [1.29, 1.82) is 0 Å². The predicted octanol–water partition coefficient (Wildman–Crippen LogP) is 2.03. The van der Waals surface area contributed by atoms with Crippen LogP contribution in [0, 0.1) is 6.92 Å². The molecule has 0 aliphatic rings. The molecule has 0 unspecified atom stereocenters. The molecule has 2 aromatic rings. The Morgan fingerprint density at radius 2 is 1.88 bits per heavy atom. The monoisotopic (exact) mass is 330 g/mol. The largest absolute Gasteiger partial charge is 0.496 e. The van der Waals surface area contributed by atoms with Crippen molar-refractivity contribution in [3.63, 3.8) is 0 Å². The van der Waals surface area contributed by atoms with E-state index in [1.54, 1.807) is 7.11 Å². The first kappa shape index (κ1) is 17.9. The molecular formula is C17H26N6O. The summed E-state index contributed by atoms with van der Waals surface area (Å²) in [5.74, 6) is 2.33. The standard InChI is InChI=1S/C17H26N6O/c1-11-7-8-14(24-6)13(9-11)10-23(5)12(2)15-19-16(18)21-17(20-15)22(3)4/h7-9,12H,10H2,1-6H3,(H2,18,19,20,21)/t12-/m0/s1. The summed E-state index contributed by atoms with van der Waals surface area (Å²) in [4.78, 5) is 16.9. The number of nitrogens with two attached hydrogens (primary N) is 1. The Morgan fingerprint density at radius 1 is 1.17 bits per heavy atom. The van der Waals surface area contributed by atoms with Crippen molar-refractivity contribution in [2.24, 2.45) is 0 Å². The average Bonchev–Trinajstić information content (AvgIpc) is 2.53. The summed E-state index contributed by atoms with van der Waals surface area (Å²) in [6, 6.07) is 6.16. The third kappa shape index (κ3) is 4.11. The van der Waals surface area contributed by atoms with E-state index in [0.717, 1.165) is 17.9 Å². The highest BCUT2D eigenvalue weighted by atomic mass is 16.5. The molecule has 2 N–H and O–H groups in total. The number of benzene rings is 1. The molecule has 1 heterocycles. The fourth-order valence-electron chi connectivity index (χ4n) is 2.42. The summed E-state index contributed by atoms with van der Waals surface area (Å²) < 4.78 is 5.46. The lowest BCUT2D eigenvalue weighted by atomic mass is 10.1. The van der Waals surface area contributed by atoms with E-state index in [-0.39, 0.29) is 12.0 Å². The number of nitrogens with zero attached hydrogens (tertiary/aromatic N) is 5. The predicted molar refractivity (Wildman–Crippen MR) is 96.2 cm³/mol. The molecule has 0 fully saturated rings. The van der Waals surface area contributed by atoms with Crippen molar-refractivity contribution in [3.05, 3.63) is 35.2 Å². The van der Waals surface area contributed by atoms with Crippen LogP contribution in [0.15, 0.2) is 18.2 Å². The lowest BCUT2D eigenvalue weighted by Gasteiger charge is -2.25. The number of hydrogen-bond donors (Lipinski definition) is 1. The fourth-order valence-corrected chi connectivity index (χ4v) is 2.42. The zero-order chi connectivity index (χ0) is 17.9. The molecule has 24 heavy (non-hydrogen) atoms. The molecule has 0 aliphatic heterocycles. The molecule has 0 spiro atoms. The van der Waals surface area contributed by atoms with Gasteiger partial charge in [0.15, 0.2) is 5.82 Å². The second kappa shape index (κ2) is 7.44. The fraction of sp³-hybridized carbons (Fsp3) is 0.471. The lowest BCUT2D eigenvalue weighted by molar-refractivity contribution is 0.240. The summed E-state index contributed by atoms with van der Waals surface area (Å²) in [7, 11) is 7.48. The second-order valence-corrected chi connectivity index (χ2v) is 6.15. The number of nitrogen functional groups attached to an aromatic ring is 1. The van der Waals surface area contributed by atoms with Gasteiger partial charge in [-0.25, -0.2) is 0 Å².